The van der Waals surface area contributed by atoms with E-state index in [0.717, 1.165) is 12.8 Å². The molecule has 286 valence electrons. The summed E-state index contributed by atoms with van der Waals surface area (Å²) in [6, 6.07) is -1.06. The van der Waals surface area contributed by atoms with E-state index >= 15 is 0 Å². The van der Waals surface area contributed by atoms with Gasteiger partial charge in [-0.25, -0.2) is 9.59 Å². The second-order valence-electron chi connectivity index (χ2n) is 15.7. The summed E-state index contributed by atoms with van der Waals surface area (Å²) in [4.78, 5) is 58.3. The number of esters is 1. The zero-order valence-corrected chi connectivity index (χ0v) is 31.8. The zero-order valence-electron chi connectivity index (χ0n) is 31.8. The predicted octanol–water partition coefficient (Wildman–Crippen LogP) is 3.51. The van der Waals surface area contributed by atoms with Crippen LogP contribution in [0.2, 0.25) is 0 Å². The lowest BCUT2D eigenvalue weighted by atomic mass is 9.73. The van der Waals surface area contributed by atoms with E-state index in [0.29, 0.717) is 25.9 Å². The Labute approximate surface area is 297 Å². The summed E-state index contributed by atoms with van der Waals surface area (Å²) in [7, 11) is 5.29. The molecule has 14 heteroatoms. The summed E-state index contributed by atoms with van der Waals surface area (Å²) < 4.78 is 37.4. The molecule has 4 heterocycles. The van der Waals surface area contributed by atoms with Gasteiger partial charge in [0.1, 0.15) is 24.1 Å². The fraction of sp³-hybridized carbons (Fsp3) is 0.889. The third kappa shape index (κ3) is 8.09. The highest BCUT2D eigenvalue weighted by Gasteiger charge is 2.57. The van der Waals surface area contributed by atoms with Gasteiger partial charge in [0.15, 0.2) is 11.9 Å². The first-order valence-electron chi connectivity index (χ1n) is 18.3. The van der Waals surface area contributed by atoms with Crippen LogP contribution in [0, 0.1) is 23.7 Å². The number of nitrogens with zero attached hydrogens (tertiary/aromatic N) is 2. The summed E-state index contributed by atoms with van der Waals surface area (Å²) in [6.07, 6.45) is -3.86. The van der Waals surface area contributed by atoms with Crippen LogP contribution in [0.3, 0.4) is 0 Å². The number of cyclic esters (lactones) is 1. The van der Waals surface area contributed by atoms with E-state index < -0.39 is 89.8 Å². The molecule has 4 saturated heterocycles. The first-order valence-corrected chi connectivity index (χ1v) is 18.3. The molecule has 4 aliphatic heterocycles. The Hall–Kier alpha value is -2.52. The van der Waals surface area contributed by atoms with E-state index in [-0.39, 0.29) is 24.3 Å². The van der Waals surface area contributed by atoms with E-state index in [1.807, 2.05) is 46.7 Å². The predicted molar refractivity (Wildman–Crippen MR) is 182 cm³/mol. The monoisotopic (exact) mass is 711 g/mol. The van der Waals surface area contributed by atoms with Gasteiger partial charge in [-0.15, -0.1) is 0 Å². The van der Waals surface area contributed by atoms with E-state index in [1.165, 1.54) is 7.11 Å². The molecule has 4 fully saturated rings. The van der Waals surface area contributed by atoms with Gasteiger partial charge < -0.3 is 48.6 Å². The van der Waals surface area contributed by atoms with Gasteiger partial charge in [0.05, 0.1) is 29.8 Å². The van der Waals surface area contributed by atoms with Crippen LogP contribution < -0.4 is 5.32 Å². The van der Waals surface area contributed by atoms with Crippen LogP contribution in [-0.4, -0.2) is 133 Å². The zero-order chi connectivity index (χ0) is 37.3. The number of hydrogen-bond acceptors (Lipinski definition) is 12. The van der Waals surface area contributed by atoms with Gasteiger partial charge in [-0.1, -0.05) is 27.7 Å². The number of ketones is 1. The fourth-order valence-corrected chi connectivity index (χ4v) is 8.63. The van der Waals surface area contributed by atoms with Crippen molar-refractivity contribution in [1.82, 2.24) is 15.1 Å². The van der Waals surface area contributed by atoms with Crippen LogP contribution in [0.5, 0.6) is 0 Å². The topological polar surface area (TPSA) is 162 Å². The number of amides is 2. The van der Waals surface area contributed by atoms with Crippen molar-refractivity contribution in [3.05, 3.63) is 0 Å². The van der Waals surface area contributed by atoms with Crippen LogP contribution in [0.4, 0.5) is 9.59 Å². The van der Waals surface area contributed by atoms with Gasteiger partial charge in [0.2, 0.25) is 0 Å². The van der Waals surface area contributed by atoms with Crippen molar-refractivity contribution in [3.63, 3.8) is 0 Å². The molecular formula is C36H61N3O11. The van der Waals surface area contributed by atoms with Crippen molar-refractivity contribution in [1.29, 1.82) is 0 Å². The lowest BCUT2D eigenvalue weighted by molar-refractivity contribution is -0.301. The van der Waals surface area contributed by atoms with Gasteiger partial charge in [-0.3, -0.25) is 9.59 Å². The molecule has 0 saturated carbocycles. The molecule has 0 aromatic carbocycles. The molecule has 0 bridgehead atoms. The average molecular weight is 712 g/mol. The molecule has 4 rings (SSSR count). The molecule has 0 radical (unpaired) electrons. The summed E-state index contributed by atoms with van der Waals surface area (Å²) in [5.41, 5.74) is -2.57. The first-order chi connectivity index (χ1) is 23.4. The number of alkyl carbamates (subject to hydrolysis) is 1. The summed E-state index contributed by atoms with van der Waals surface area (Å²) in [6.45, 7) is 15.3. The maximum atomic E-state index is 14.2. The highest BCUT2D eigenvalue weighted by atomic mass is 16.7. The van der Waals surface area contributed by atoms with Gasteiger partial charge >= 0.3 is 18.2 Å². The molecule has 0 unspecified atom stereocenters. The van der Waals surface area contributed by atoms with E-state index in [2.05, 4.69) is 5.32 Å². The Morgan fingerprint density at radius 3 is 2.28 bits per heavy atom. The van der Waals surface area contributed by atoms with Gasteiger partial charge in [0.25, 0.3) is 0 Å². The Morgan fingerprint density at radius 1 is 1.06 bits per heavy atom. The summed E-state index contributed by atoms with van der Waals surface area (Å²) in [5, 5.41) is 14.3. The highest BCUT2D eigenvalue weighted by molar-refractivity contribution is 5.85. The Balaban J connectivity index is 1.84. The molecule has 50 heavy (non-hydrogen) atoms. The molecule has 4 aliphatic rings. The minimum atomic E-state index is -1.35. The van der Waals surface area contributed by atoms with Crippen molar-refractivity contribution >= 4 is 23.9 Å². The van der Waals surface area contributed by atoms with Gasteiger partial charge in [0, 0.05) is 44.0 Å². The number of carbonyl (C=O) groups excluding carboxylic acids is 4. The third-order valence-corrected chi connectivity index (χ3v) is 11.7. The molecular weight excluding hydrogens is 650 g/mol. The van der Waals surface area contributed by atoms with Crippen molar-refractivity contribution in [2.75, 3.05) is 34.3 Å². The number of aliphatic hydroxyl groups excluding tert-OH is 1. The molecule has 0 aromatic heterocycles. The largest absolute Gasteiger partial charge is 0.458 e. The lowest BCUT2D eigenvalue weighted by Gasteiger charge is -2.48. The number of hydrogen-bond donors (Lipinski definition) is 2. The Kier molecular flexibility index (Phi) is 12.9. The lowest BCUT2D eigenvalue weighted by Crippen LogP contribution is -2.61. The van der Waals surface area contributed by atoms with E-state index in [4.69, 9.17) is 28.4 Å². The minimum absolute atomic E-state index is 0.152. The van der Waals surface area contributed by atoms with Crippen molar-refractivity contribution in [2.45, 2.75) is 148 Å². The molecule has 2 amide bonds. The number of ether oxygens (including phenoxy) is 6. The number of aliphatic hydroxyl groups is 1. The second kappa shape index (κ2) is 16.0. The van der Waals surface area contributed by atoms with Crippen molar-refractivity contribution in [3.8, 4) is 0 Å². The quantitative estimate of drug-likeness (QED) is 0.305. The Bertz CT molecular complexity index is 1230. The van der Waals surface area contributed by atoms with Gasteiger partial charge in [-0.2, -0.15) is 0 Å². The van der Waals surface area contributed by atoms with Crippen LogP contribution in [0.15, 0.2) is 0 Å². The highest BCUT2D eigenvalue weighted by Crippen LogP contribution is 2.41. The number of fused-ring (bicyclic) bond motifs is 1. The minimum Gasteiger partial charge on any atom is -0.458 e. The second-order valence-corrected chi connectivity index (χ2v) is 15.7. The number of nitrogens with one attached hydrogen (secondary N) is 1. The average Bonchev–Trinajstić information content (AvgIpc) is 3.72. The SMILES string of the molecule is CC[C@H]1OC(=O)[C@H](C)[C@@H](OC(=O)N2CCCC2)[C@H](C)[C@@H](O[C@@H]2O[C@H](C)C[C@H](N(C)C)[C@H]2O)[C@](C)(OC)C[C@@H](C)C(=O)[C@H](C)[C@H]2NC(=O)O[C@@]21C. The first kappa shape index (κ1) is 40.3. The maximum Gasteiger partial charge on any atom is 0.410 e. The standard InChI is InChI=1S/C36H61N3O11/c1-12-25-36(8)29(37-33(43)50-36)21(4)26(40)19(2)18-35(7,45-11)30(49-32-27(41)24(38(9)10)17-20(3)46-32)22(5)28(23(6)31(42)47-25)48-34(44)39-15-13-14-16-39/h19-25,27-30,32,41H,12-18H2,1-11H3,(H,37,43)/t19-,20-,21+,22+,23-,24+,25-,27-,28+,29-,30-,32+,35-,36-/m1/s1. The van der Waals surface area contributed by atoms with Crippen LogP contribution >= 0.6 is 0 Å². The van der Waals surface area contributed by atoms with Gasteiger partial charge in [-0.05, 0) is 73.9 Å². The number of rotatable bonds is 6. The smallest absolute Gasteiger partial charge is 0.410 e. The number of methoxy groups -OCH3 is 1. The van der Waals surface area contributed by atoms with Crippen LogP contribution in [0.1, 0.15) is 87.5 Å². The molecule has 2 N–H and O–H groups in total. The number of Topliss-reactive ketones (excluding diaryl/α,β-unsaturated/α-hetero) is 1. The molecule has 0 aromatic rings. The number of likely N-dealkylation sites (N-methyl/N-ethyl adjacent to an activating group) is 1. The molecule has 0 spiro atoms. The summed E-state index contributed by atoms with van der Waals surface area (Å²) in [5.74, 6) is -3.88. The number of carbonyl (C=O) groups is 4. The molecule has 14 nitrogen and oxygen atoms in total. The summed E-state index contributed by atoms with van der Waals surface area (Å²) >= 11 is 0. The fourth-order valence-electron chi connectivity index (χ4n) is 8.63. The van der Waals surface area contributed by atoms with Crippen molar-refractivity contribution in [2.24, 2.45) is 23.7 Å². The molecule has 14 atom stereocenters. The van der Waals surface area contributed by atoms with Crippen LogP contribution in [0.25, 0.3) is 0 Å². The van der Waals surface area contributed by atoms with E-state index in [9.17, 15) is 24.3 Å². The van der Waals surface area contributed by atoms with E-state index in [1.54, 1.807) is 32.6 Å². The normalized spacial score (nSPS) is 43.5. The Morgan fingerprint density at radius 2 is 1.70 bits per heavy atom. The van der Waals surface area contributed by atoms with Crippen molar-refractivity contribution < 1.29 is 52.7 Å². The molecule has 0 aliphatic carbocycles. The van der Waals surface area contributed by atoms with Crippen LogP contribution in [-0.2, 0) is 38.0 Å². The maximum absolute atomic E-state index is 14.2. The third-order valence-electron chi connectivity index (χ3n) is 11.7. The number of likely N-dealkylation sites (tertiary alicyclic amines) is 1.